The Bertz CT molecular complexity index is 618. The molecule has 1 N–H and O–H groups in total. The van der Waals surface area contributed by atoms with E-state index in [2.05, 4.69) is 0 Å². The summed E-state index contributed by atoms with van der Waals surface area (Å²) in [4.78, 5) is 0. The first-order chi connectivity index (χ1) is 9.57. The molecule has 1 unspecified atom stereocenters. The molecule has 0 fully saturated rings. The van der Waals surface area contributed by atoms with E-state index in [1.54, 1.807) is 0 Å². The van der Waals surface area contributed by atoms with Crippen LogP contribution in [0.2, 0.25) is 0 Å². The van der Waals surface area contributed by atoms with Gasteiger partial charge in [-0.05, 0) is 36.1 Å². The van der Waals surface area contributed by atoms with E-state index in [9.17, 15) is 13.9 Å². The summed E-state index contributed by atoms with van der Waals surface area (Å²) in [5, 5.41) is 10.7. The van der Waals surface area contributed by atoms with Crippen LogP contribution in [0.5, 0.6) is 0 Å². The Morgan fingerprint density at radius 3 is 2.30 bits per heavy atom. The number of halogens is 2. The summed E-state index contributed by atoms with van der Waals surface area (Å²) in [5.41, 5.74) is 1.19. The van der Waals surface area contributed by atoms with Crippen molar-refractivity contribution in [1.82, 2.24) is 0 Å². The standard InChI is InChI=1S/C17H16F2O/c18-15-6-3-7-16(19)14(15)11-17(20)9-8-12-4-1-2-5-13(12)10-17/h1-7,20H,8-11H2. The number of aliphatic hydroxyl groups is 1. The third-order valence-corrected chi connectivity index (χ3v) is 4.07. The average molecular weight is 274 g/mol. The zero-order valence-electron chi connectivity index (χ0n) is 11.1. The first-order valence-corrected chi connectivity index (χ1v) is 6.79. The Kier molecular flexibility index (Phi) is 3.30. The molecule has 1 aliphatic carbocycles. The molecule has 1 atom stereocenters. The van der Waals surface area contributed by atoms with Crippen molar-refractivity contribution >= 4 is 0 Å². The third kappa shape index (κ3) is 2.46. The second-order valence-corrected chi connectivity index (χ2v) is 5.55. The molecule has 0 saturated carbocycles. The Morgan fingerprint density at radius 1 is 0.950 bits per heavy atom. The summed E-state index contributed by atoms with van der Waals surface area (Å²) >= 11 is 0. The summed E-state index contributed by atoms with van der Waals surface area (Å²) < 4.78 is 27.4. The topological polar surface area (TPSA) is 20.2 Å². The minimum atomic E-state index is -1.07. The van der Waals surface area contributed by atoms with E-state index < -0.39 is 17.2 Å². The van der Waals surface area contributed by atoms with Gasteiger partial charge in [-0.1, -0.05) is 30.3 Å². The lowest BCUT2D eigenvalue weighted by Gasteiger charge is -2.33. The molecule has 0 aromatic heterocycles. The predicted octanol–water partition coefficient (Wildman–Crippen LogP) is 3.43. The van der Waals surface area contributed by atoms with Crippen LogP contribution in [0.4, 0.5) is 8.78 Å². The van der Waals surface area contributed by atoms with E-state index >= 15 is 0 Å². The molecule has 2 aromatic rings. The molecule has 2 aromatic carbocycles. The van der Waals surface area contributed by atoms with Gasteiger partial charge in [0.25, 0.3) is 0 Å². The van der Waals surface area contributed by atoms with E-state index in [0.29, 0.717) is 12.8 Å². The highest BCUT2D eigenvalue weighted by Crippen LogP contribution is 2.32. The Labute approximate surface area is 116 Å². The molecule has 20 heavy (non-hydrogen) atoms. The van der Waals surface area contributed by atoms with Crippen molar-refractivity contribution in [2.45, 2.75) is 31.3 Å². The number of aryl methyl sites for hydroxylation is 1. The van der Waals surface area contributed by atoms with Crippen molar-refractivity contribution in [2.24, 2.45) is 0 Å². The maximum absolute atomic E-state index is 13.7. The molecular formula is C17H16F2O. The van der Waals surface area contributed by atoms with Crippen molar-refractivity contribution in [3.8, 4) is 0 Å². The Balaban J connectivity index is 1.88. The van der Waals surface area contributed by atoms with Gasteiger partial charge in [0.15, 0.2) is 0 Å². The summed E-state index contributed by atoms with van der Waals surface area (Å²) in [6.07, 6.45) is 1.72. The highest BCUT2D eigenvalue weighted by Gasteiger charge is 2.33. The minimum Gasteiger partial charge on any atom is -0.389 e. The van der Waals surface area contributed by atoms with Crippen LogP contribution in [0.15, 0.2) is 42.5 Å². The summed E-state index contributed by atoms with van der Waals surface area (Å²) in [7, 11) is 0. The number of hydrogen-bond donors (Lipinski definition) is 1. The lowest BCUT2D eigenvalue weighted by atomic mass is 9.77. The smallest absolute Gasteiger partial charge is 0.129 e. The van der Waals surface area contributed by atoms with Crippen LogP contribution in [-0.4, -0.2) is 10.7 Å². The maximum Gasteiger partial charge on any atom is 0.129 e. The van der Waals surface area contributed by atoms with Crippen LogP contribution in [0.25, 0.3) is 0 Å². The first kappa shape index (κ1) is 13.3. The molecule has 0 heterocycles. The first-order valence-electron chi connectivity index (χ1n) is 6.79. The molecule has 3 heteroatoms. The second-order valence-electron chi connectivity index (χ2n) is 5.55. The molecular weight excluding hydrogens is 258 g/mol. The predicted molar refractivity (Wildman–Crippen MR) is 73.5 cm³/mol. The fraction of sp³-hybridized carbons (Fsp3) is 0.294. The van der Waals surface area contributed by atoms with Gasteiger partial charge in [0.1, 0.15) is 11.6 Å². The quantitative estimate of drug-likeness (QED) is 0.889. The van der Waals surface area contributed by atoms with Crippen molar-refractivity contribution in [3.05, 3.63) is 70.8 Å². The van der Waals surface area contributed by atoms with E-state index in [-0.39, 0.29) is 12.0 Å². The van der Waals surface area contributed by atoms with Crippen molar-refractivity contribution in [1.29, 1.82) is 0 Å². The highest BCUT2D eigenvalue weighted by molar-refractivity contribution is 5.33. The van der Waals surface area contributed by atoms with Crippen LogP contribution < -0.4 is 0 Å². The van der Waals surface area contributed by atoms with Gasteiger partial charge >= 0.3 is 0 Å². The lowest BCUT2D eigenvalue weighted by Crippen LogP contribution is -2.38. The van der Waals surface area contributed by atoms with E-state index in [0.717, 1.165) is 12.0 Å². The highest BCUT2D eigenvalue weighted by atomic mass is 19.1. The van der Waals surface area contributed by atoms with Crippen molar-refractivity contribution in [3.63, 3.8) is 0 Å². The Morgan fingerprint density at radius 2 is 1.60 bits per heavy atom. The van der Waals surface area contributed by atoms with E-state index in [4.69, 9.17) is 0 Å². The summed E-state index contributed by atoms with van der Waals surface area (Å²) in [6.45, 7) is 0. The fourth-order valence-corrected chi connectivity index (χ4v) is 2.97. The molecule has 3 rings (SSSR count). The van der Waals surface area contributed by atoms with E-state index in [1.165, 1.54) is 23.8 Å². The van der Waals surface area contributed by atoms with Crippen molar-refractivity contribution < 1.29 is 13.9 Å². The van der Waals surface area contributed by atoms with Gasteiger partial charge in [-0.3, -0.25) is 0 Å². The minimum absolute atomic E-state index is 0.0137. The summed E-state index contributed by atoms with van der Waals surface area (Å²) in [6, 6.07) is 11.7. The molecule has 0 amide bonds. The molecule has 0 saturated heterocycles. The van der Waals surface area contributed by atoms with Crippen molar-refractivity contribution in [2.75, 3.05) is 0 Å². The molecule has 0 bridgehead atoms. The maximum atomic E-state index is 13.7. The second kappa shape index (κ2) is 4.98. The van der Waals surface area contributed by atoms with Crippen LogP contribution in [0, 0.1) is 11.6 Å². The van der Waals surface area contributed by atoms with Crippen LogP contribution in [-0.2, 0) is 19.3 Å². The molecule has 0 radical (unpaired) electrons. The SMILES string of the molecule is OC1(Cc2c(F)cccc2F)CCc2ccccc2C1. The van der Waals surface area contributed by atoms with E-state index in [1.807, 2.05) is 24.3 Å². The molecule has 0 spiro atoms. The summed E-state index contributed by atoms with van der Waals surface area (Å²) in [5.74, 6) is -1.17. The zero-order valence-corrected chi connectivity index (χ0v) is 11.1. The Hall–Kier alpha value is -1.74. The van der Waals surface area contributed by atoms with Gasteiger partial charge in [0.05, 0.1) is 5.60 Å². The van der Waals surface area contributed by atoms with Crippen LogP contribution >= 0.6 is 0 Å². The van der Waals surface area contributed by atoms with Gasteiger partial charge in [-0.25, -0.2) is 8.78 Å². The lowest BCUT2D eigenvalue weighted by molar-refractivity contribution is 0.0251. The van der Waals surface area contributed by atoms with Crippen LogP contribution in [0.3, 0.4) is 0 Å². The number of rotatable bonds is 2. The van der Waals surface area contributed by atoms with Gasteiger partial charge in [-0.2, -0.15) is 0 Å². The fourth-order valence-electron chi connectivity index (χ4n) is 2.97. The number of benzene rings is 2. The van der Waals surface area contributed by atoms with Gasteiger partial charge in [0, 0.05) is 18.4 Å². The average Bonchev–Trinajstić information content (AvgIpc) is 2.43. The monoisotopic (exact) mass is 274 g/mol. The van der Waals surface area contributed by atoms with Gasteiger partial charge in [-0.15, -0.1) is 0 Å². The number of fused-ring (bicyclic) bond motifs is 1. The zero-order chi connectivity index (χ0) is 14.2. The molecule has 1 aliphatic rings. The van der Waals surface area contributed by atoms with Gasteiger partial charge < -0.3 is 5.11 Å². The normalized spacial score (nSPS) is 21.6. The molecule has 104 valence electrons. The molecule has 1 nitrogen and oxygen atoms in total. The third-order valence-electron chi connectivity index (χ3n) is 4.07. The van der Waals surface area contributed by atoms with Gasteiger partial charge in [0.2, 0.25) is 0 Å². The number of hydrogen-bond acceptors (Lipinski definition) is 1. The largest absolute Gasteiger partial charge is 0.389 e. The molecule has 0 aliphatic heterocycles. The van der Waals surface area contributed by atoms with Crippen LogP contribution in [0.1, 0.15) is 23.1 Å².